The van der Waals surface area contributed by atoms with Crippen molar-refractivity contribution >= 4 is 39.8 Å². The van der Waals surface area contributed by atoms with Gasteiger partial charge in [-0.05, 0) is 60.5 Å². The summed E-state index contributed by atoms with van der Waals surface area (Å²) in [5.74, 6) is 0.163. The molecule has 2 heterocycles. The van der Waals surface area contributed by atoms with Crippen LogP contribution < -0.4 is 10.6 Å². The molecular formula is C12H17IN2OS. The van der Waals surface area contributed by atoms with Gasteiger partial charge in [0.25, 0.3) is 0 Å². The van der Waals surface area contributed by atoms with Gasteiger partial charge in [-0.25, -0.2) is 0 Å². The lowest BCUT2D eigenvalue weighted by Crippen LogP contribution is -2.47. The van der Waals surface area contributed by atoms with Crippen molar-refractivity contribution in [2.24, 2.45) is 0 Å². The fourth-order valence-electron chi connectivity index (χ4n) is 1.99. The molecule has 0 bridgehead atoms. The summed E-state index contributed by atoms with van der Waals surface area (Å²) in [5, 5.41) is 6.27. The maximum absolute atomic E-state index is 11.8. The van der Waals surface area contributed by atoms with Crippen molar-refractivity contribution in [2.75, 3.05) is 13.1 Å². The third-order valence-electron chi connectivity index (χ3n) is 2.93. The Kier molecular flexibility index (Phi) is 5.24. The highest BCUT2D eigenvalue weighted by Gasteiger charge is 2.19. The van der Waals surface area contributed by atoms with Crippen LogP contribution in [0.5, 0.6) is 0 Å². The molecule has 0 radical (unpaired) electrons. The molecule has 94 valence electrons. The highest BCUT2D eigenvalue weighted by Crippen LogP contribution is 2.18. The molecule has 1 amide bonds. The van der Waals surface area contributed by atoms with E-state index in [1.807, 2.05) is 0 Å². The predicted molar refractivity (Wildman–Crippen MR) is 79.4 cm³/mol. The maximum Gasteiger partial charge on any atom is 0.237 e. The summed E-state index contributed by atoms with van der Waals surface area (Å²) < 4.78 is 1.30. The molecule has 1 aromatic rings. The number of halogens is 1. The molecule has 0 spiro atoms. The van der Waals surface area contributed by atoms with Gasteiger partial charge in [-0.1, -0.05) is 6.42 Å². The fourth-order valence-corrected chi connectivity index (χ4v) is 3.75. The monoisotopic (exact) mass is 364 g/mol. The molecule has 1 fully saturated rings. The average Bonchev–Trinajstić information content (AvgIpc) is 2.76. The Balaban J connectivity index is 1.69. The van der Waals surface area contributed by atoms with Crippen LogP contribution in [0.4, 0.5) is 0 Å². The Morgan fingerprint density at radius 2 is 2.41 bits per heavy atom. The summed E-state index contributed by atoms with van der Waals surface area (Å²) in [6.45, 7) is 1.72. The van der Waals surface area contributed by atoms with Gasteiger partial charge in [-0.15, -0.1) is 11.3 Å². The molecule has 1 atom stereocenters. The van der Waals surface area contributed by atoms with Crippen LogP contribution in [0.1, 0.15) is 24.1 Å². The van der Waals surface area contributed by atoms with Crippen molar-refractivity contribution in [3.8, 4) is 0 Å². The van der Waals surface area contributed by atoms with Crippen molar-refractivity contribution in [1.82, 2.24) is 10.6 Å². The van der Waals surface area contributed by atoms with E-state index in [9.17, 15) is 4.79 Å². The highest BCUT2D eigenvalue weighted by molar-refractivity contribution is 14.1. The van der Waals surface area contributed by atoms with Gasteiger partial charge in [-0.2, -0.15) is 0 Å². The highest BCUT2D eigenvalue weighted by atomic mass is 127. The van der Waals surface area contributed by atoms with E-state index in [1.165, 1.54) is 14.2 Å². The number of carbonyl (C=O) groups excluding carboxylic acids is 1. The van der Waals surface area contributed by atoms with Crippen molar-refractivity contribution in [2.45, 2.75) is 31.7 Å². The minimum absolute atomic E-state index is 0.0345. The summed E-state index contributed by atoms with van der Waals surface area (Å²) in [5.41, 5.74) is 0. The lowest BCUT2D eigenvalue weighted by Gasteiger charge is -2.22. The third-order valence-corrected chi connectivity index (χ3v) is 4.88. The lowest BCUT2D eigenvalue weighted by molar-refractivity contribution is -0.123. The number of carbonyl (C=O) groups is 1. The van der Waals surface area contributed by atoms with Gasteiger partial charge in [0.2, 0.25) is 5.91 Å². The van der Waals surface area contributed by atoms with E-state index in [2.05, 4.69) is 45.4 Å². The summed E-state index contributed by atoms with van der Waals surface area (Å²) >= 11 is 4.12. The second-order valence-electron chi connectivity index (χ2n) is 4.25. The molecular weight excluding hydrogens is 347 g/mol. The molecule has 0 aliphatic carbocycles. The molecule has 1 aliphatic rings. The summed E-state index contributed by atoms with van der Waals surface area (Å²) in [6.07, 6.45) is 4.26. The minimum Gasteiger partial charge on any atom is -0.354 e. The van der Waals surface area contributed by atoms with E-state index < -0.39 is 0 Å². The van der Waals surface area contributed by atoms with Crippen LogP contribution in [-0.4, -0.2) is 25.0 Å². The number of piperidine rings is 1. The van der Waals surface area contributed by atoms with Crippen LogP contribution in [0.15, 0.2) is 12.1 Å². The molecule has 0 saturated carbocycles. The van der Waals surface area contributed by atoms with E-state index in [0.29, 0.717) is 0 Å². The van der Waals surface area contributed by atoms with Gasteiger partial charge in [0.05, 0.1) is 8.93 Å². The molecule has 1 unspecified atom stereocenters. The number of hydrogen-bond acceptors (Lipinski definition) is 3. The summed E-state index contributed by atoms with van der Waals surface area (Å²) in [7, 11) is 0. The Hall–Kier alpha value is -0.140. The van der Waals surface area contributed by atoms with Crippen molar-refractivity contribution in [1.29, 1.82) is 0 Å². The molecule has 3 nitrogen and oxygen atoms in total. The number of hydrogen-bond donors (Lipinski definition) is 2. The first-order valence-electron chi connectivity index (χ1n) is 6.01. The fraction of sp³-hybridized carbons (Fsp3) is 0.583. The molecule has 1 aromatic heterocycles. The second kappa shape index (κ2) is 6.70. The van der Waals surface area contributed by atoms with Gasteiger partial charge in [0.1, 0.15) is 0 Å². The Morgan fingerprint density at radius 1 is 1.53 bits per heavy atom. The van der Waals surface area contributed by atoms with Crippen LogP contribution in [-0.2, 0) is 11.2 Å². The van der Waals surface area contributed by atoms with Crippen molar-refractivity contribution < 1.29 is 4.79 Å². The third kappa shape index (κ3) is 4.22. The predicted octanol–water partition coefficient (Wildman–Crippen LogP) is 2.15. The molecule has 2 N–H and O–H groups in total. The number of amides is 1. The average molecular weight is 364 g/mol. The zero-order valence-corrected chi connectivity index (χ0v) is 12.6. The van der Waals surface area contributed by atoms with Gasteiger partial charge in [0.15, 0.2) is 0 Å². The standard InChI is InChI=1S/C12H17IN2OS/c13-11-5-4-9(17-11)6-8-15-12(16)10-3-1-2-7-14-10/h4-5,10,14H,1-3,6-8H2,(H,15,16). The Labute approximate surface area is 120 Å². The lowest BCUT2D eigenvalue weighted by atomic mass is 10.0. The number of thiophene rings is 1. The zero-order chi connectivity index (χ0) is 12.1. The molecule has 1 aliphatic heterocycles. The van der Waals surface area contributed by atoms with Gasteiger partial charge >= 0.3 is 0 Å². The van der Waals surface area contributed by atoms with Crippen LogP contribution in [0.3, 0.4) is 0 Å². The zero-order valence-electron chi connectivity index (χ0n) is 9.67. The van der Waals surface area contributed by atoms with E-state index in [0.717, 1.165) is 32.4 Å². The minimum atomic E-state index is 0.0345. The van der Waals surface area contributed by atoms with Crippen LogP contribution in [0, 0.1) is 2.88 Å². The topological polar surface area (TPSA) is 41.1 Å². The van der Waals surface area contributed by atoms with Crippen molar-refractivity contribution in [3.05, 3.63) is 19.9 Å². The van der Waals surface area contributed by atoms with E-state index in [-0.39, 0.29) is 11.9 Å². The van der Waals surface area contributed by atoms with Gasteiger partial charge in [-0.3, -0.25) is 4.79 Å². The Morgan fingerprint density at radius 3 is 3.06 bits per heavy atom. The molecule has 2 rings (SSSR count). The number of rotatable bonds is 4. The van der Waals surface area contributed by atoms with Crippen molar-refractivity contribution in [3.63, 3.8) is 0 Å². The Bertz CT molecular complexity index is 374. The van der Waals surface area contributed by atoms with Crippen LogP contribution in [0.2, 0.25) is 0 Å². The molecule has 0 aromatic carbocycles. The van der Waals surface area contributed by atoms with E-state index >= 15 is 0 Å². The second-order valence-corrected chi connectivity index (χ2v) is 7.31. The first-order chi connectivity index (χ1) is 8.25. The quantitative estimate of drug-likeness (QED) is 0.804. The van der Waals surface area contributed by atoms with Gasteiger partial charge in [0, 0.05) is 11.4 Å². The SMILES string of the molecule is O=C(NCCc1ccc(I)s1)C1CCCCN1. The van der Waals surface area contributed by atoms with E-state index in [4.69, 9.17) is 0 Å². The number of nitrogens with one attached hydrogen (secondary N) is 2. The molecule has 1 saturated heterocycles. The smallest absolute Gasteiger partial charge is 0.237 e. The first-order valence-corrected chi connectivity index (χ1v) is 7.90. The van der Waals surface area contributed by atoms with Crippen LogP contribution in [0.25, 0.3) is 0 Å². The normalized spacial score (nSPS) is 20.2. The maximum atomic E-state index is 11.8. The van der Waals surface area contributed by atoms with E-state index in [1.54, 1.807) is 11.3 Å². The summed E-state index contributed by atoms with van der Waals surface area (Å²) in [6, 6.07) is 4.29. The van der Waals surface area contributed by atoms with Crippen LogP contribution >= 0.6 is 33.9 Å². The summed E-state index contributed by atoms with van der Waals surface area (Å²) in [4.78, 5) is 13.2. The largest absolute Gasteiger partial charge is 0.354 e. The first kappa shape index (κ1) is 13.3. The molecule has 5 heteroatoms. The molecule has 17 heavy (non-hydrogen) atoms. The van der Waals surface area contributed by atoms with Gasteiger partial charge < -0.3 is 10.6 Å².